The van der Waals surface area contributed by atoms with E-state index in [1.54, 1.807) is 4.68 Å². The van der Waals surface area contributed by atoms with Gasteiger partial charge in [-0.15, -0.1) is 0 Å². The molecule has 2 rings (SSSR count). The second-order valence-electron chi connectivity index (χ2n) is 4.39. The quantitative estimate of drug-likeness (QED) is 0.834. The largest absolute Gasteiger partial charge is 0.312 e. The summed E-state index contributed by atoms with van der Waals surface area (Å²) >= 11 is 6.16. The lowest BCUT2D eigenvalue weighted by Crippen LogP contribution is -2.17. The van der Waals surface area contributed by atoms with E-state index in [4.69, 9.17) is 11.6 Å². The maximum atomic E-state index is 6.16. The van der Waals surface area contributed by atoms with Crippen molar-refractivity contribution in [3.63, 3.8) is 0 Å². The third kappa shape index (κ3) is 2.91. The lowest BCUT2D eigenvalue weighted by molar-refractivity contribution is 0.663. The van der Waals surface area contributed by atoms with Crippen LogP contribution in [0.2, 0.25) is 5.15 Å². The Morgan fingerprint density at radius 3 is 2.67 bits per heavy atom. The first kappa shape index (κ1) is 13.1. The number of aromatic nitrogens is 4. The molecule has 2 aromatic rings. The smallest absolute Gasteiger partial charge is 0.131 e. The summed E-state index contributed by atoms with van der Waals surface area (Å²) < 4.78 is 3.52. The van der Waals surface area contributed by atoms with Gasteiger partial charge in [-0.05, 0) is 13.0 Å². The minimum absolute atomic E-state index is 0.706. The van der Waals surface area contributed by atoms with Crippen molar-refractivity contribution >= 4 is 11.6 Å². The molecule has 2 aromatic heterocycles. The summed E-state index contributed by atoms with van der Waals surface area (Å²) in [6, 6.07) is 2.03. The van der Waals surface area contributed by atoms with Crippen molar-refractivity contribution in [2.24, 2.45) is 14.1 Å². The Morgan fingerprint density at radius 2 is 2.11 bits per heavy atom. The standard InChI is InChI=1S/C12H18ClN5/c1-9-11(12(13)18(3)15-9)8-14-6-4-10-5-7-17(2)16-10/h5,7,14H,4,6,8H2,1-3H3. The molecule has 5 nitrogen and oxygen atoms in total. The molecule has 98 valence electrons. The van der Waals surface area contributed by atoms with Gasteiger partial charge in [0.1, 0.15) is 5.15 Å². The monoisotopic (exact) mass is 267 g/mol. The third-order valence-corrected chi connectivity index (χ3v) is 3.37. The highest BCUT2D eigenvalue weighted by Crippen LogP contribution is 2.17. The fourth-order valence-corrected chi connectivity index (χ4v) is 2.14. The molecule has 0 radical (unpaired) electrons. The maximum absolute atomic E-state index is 6.16. The summed E-state index contributed by atoms with van der Waals surface area (Å²) in [5.41, 5.74) is 3.15. The number of aryl methyl sites for hydroxylation is 3. The number of nitrogens with one attached hydrogen (secondary N) is 1. The lowest BCUT2D eigenvalue weighted by Gasteiger charge is -2.03. The van der Waals surface area contributed by atoms with Gasteiger partial charge in [0.15, 0.2) is 0 Å². The predicted octanol–water partition coefficient (Wildman–Crippen LogP) is 1.45. The fraction of sp³-hybridized carbons (Fsp3) is 0.500. The first-order valence-corrected chi connectivity index (χ1v) is 6.33. The normalized spacial score (nSPS) is 11.1. The highest BCUT2D eigenvalue weighted by Gasteiger charge is 2.10. The molecule has 0 saturated heterocycles. The molecule has 6 heteroatoms. The van der Waals surface area contributed by atoms with Crippen LogP contribution in [-0.2, 0) is 27.1 Å². The summed E-state index contributed by atoms with van der Waals surface area (Å²) in [7, 11) is 3.78. The van der Waals surface area contributed by atoms with Crippen LogP contribution in [0.4, 0.5) is 0 Å². The van der Waals surface area contributed by atoms with E-state index in [1.807, 2.05) is 38.0 Å². The van der Waals surface area contributed by atoms with Crippen LogP contribution in [0.25, 0.3) is 0 Å². The van der Waals surface area contributed by atoms with E-state index in [1.165, 1.54) is 0 Å². The second-order valence-corrected chi connectivity index (χ2v) is 4.74. The van der Waals surface area contributed by atoms with Crippen LogP contribution in [0.3, 0.4) is 0 Å². The van der Waals surface area contributed by atoms with Crippen LogP contribution in [0.1, 0.15) is 17.0 Å². The van der Waals surface area contributed by atoms with Crippen LogP contribution >= 0.6 is 11.6 Å². The molecule has 0 atom stereocenters. The van der Waals surface area contributed by atoms with Gasteiger partial charge in [0.25, 0.3) is 0 Å². The summed E-state index contributed by atoms with van der Waals surface area (Å²) in [6.07, 6.45) is 2.87. The lowest BCUT2D eigenvalue weighted by atomic mass is 10.2. The van der Waals surface area contributed by atoms with Gasteiger partial charge in [-0.25, -0.2) is 0 Å². The zero-order valence-electron chi connectivity index (χ0n) is 10.9. The molecule has 0 aliphatic rings. The van der Waals surface area contributed by atoms with Gasteiger partial charge in [0.2, 0.25) is 0 Å². The molecule has 0 aromatic carbocycles. The molecule has 0 saturated carbocycles. The van der Waals surface area contributed by atoms with Crippen LogP contribution in [-0.4, -0.2) is 26.1 Å². The number of hydrogen-bond acceptors (Lipinski definition) is 3. The molecule has 2 heterocycles. The maximum Gasteiger partial charge on any atom is 0.131 e. The van der Waals surface area contributed by atoms with Crippen LogP contribution < -0.4 is 5.32 Å². The summed E-state index contributed by atoms with van der Waals surface area (Å²) in [4.78, 5) is 0. The molecule has 0 bridgehead atoms. The van der Waals surface area contributed by atoms with E-state index in [9.17, 15) is 0 Å². The number of halogens is 1. The van der Waals surface area contributed by atoms with Crippen molar-refractivity contribution < 1.29 is 0 Å². The zero-order chi connectivity index (χ0) is 13.1. The van der Waals surface area contributed by atoms with E-state index in [0.29, 0.717) is 5.15 Å². The molecule has 1 N–H and O–H groups in total. The van der Waals surface area contributed by atoms with Crippen molar-refractivity contribution in [3.8, 4) is 0 Å². The van der Waals surface area contributed by atoms with Gasteiger partial charge in [0.05, 0.1) is 11.4 Å². The zero-order valence-corrected chi connectivity index (χ0v) is 11.7. The second kappa shape index (κ2) is 5.54. The minimum Gasteiger partial charge on any atom is -0.312 e. The van der Waals surface area contributed by atoms with Crippen molar-refractivity contribution in [1.82, 2.24) is 24.9 Å². The molecule has 18 heavy (non-hydrogen) atoms. The molecule has 0 unspecified atom stereocenters. The van der Waals surface area contributed by atoms with Gasteiger partial charge in [0, 0.05) is 45.4 Å². The predicted molar refractivity (Wildman–Crippen MR) is 71.6 cm³/mol. The van der Waals surface area contributed by atoms with Crippen molar-refractivity contribution in [2.45, 2.75) is 19.9 Å². The highest BCUT2D eigenvalue weighted by atomic mass is 35.5. The van der Waals surface area contributed by atoms with Gasteiger partial charge >= 0.3 is 0 Å². The first-order valence-electron chi connectivity index (χ1n) is 5.95. The number of hydrogen-bond donors (Lipinski definition) is 1. The van der Waals surface area contributed by atoms with Crippen molar-refractivity contribution in [1.29, 1.82) is 0 Å². The number of nitrogens with zero attached hydrogens (tertiary/aromatic N) is 4. The molecular weight excluding hydrogens is 250 g/mol. The SMILES string of the molecule is Cc1nn(C)c(Cl)c1CNCCc1ccn(C)n1. The Morgan fingerprint density at radius 1 is 1.33 bits per heavy atom. The molecule has 0 aliphatic heterocycles. The minimum atomic E-state index is 0.706. The molecule has 0 fully saturated rings. The summed E-state index contributed by atoms with van der Waals surface area (Å²) in [5, 5.41) is 12.7. The van der Waals surface area contributed by atoms with E-state index >= 15 is 0 Å². The van der Waals surface area contributed by atoms with Gasteiger partial charge in [-0.2, -0.15) is 10.2 Å². The summed E-state index contributed by atoms with van der Waals surface area (Å²) in [5.74, 6) is 0. The Balaban J connectivity index is 1.82. The fourth-order valence-electron chi connectivity index (χ4n) is 1.90. The average molecular weight is 268 g/mol. The Hall–Kier alpha value is -1.33. The Kier molecular flexibility index (Phi) is 4.04. The van der Waals surface area contributed by atoms with Crippen molar-refractivity contribution in [2.75, 3.05) is 6.54 Å². The Labute approximate surface area is 112 Å². The average Bonchev–Trinajstić information content (AvgIpc) is 2.82. The highest BCUT2D eigenvalue weighted by molar-refractivity contribution is 6.30. The first-order chi connectivity index (χ1) is 8.58. The van der Waals surface area contributed by atoms with Crippen molar-refractivity contribution in [3.05, 3.63) is 34.4 Å². The number of rotatable bonds is 5. The van der Waals surface area contributed by atoms with Crippen LogP contribution in [0.15, 0.2) is 12.3 Å². The molecular formula is C12H18ClN5. The van der Waals surface area contributed by atoms with E-state index in [0.717, 1.165) is 36.5 Å². The van der Waals surface area contributed by atoms with Crippen LogP contribution in [0.5, 0.6) is 0 Å². The van der Waals surface area contributed by atoms with Gasteiger partial charge in [-0.1, -0.05) is 11.6 Å². The third-order valence-electron chi connectivity index (χ3n) is 2.90. The van der Waals surface area contributed by atoms with Gasteiger partial charge < -0.3 is 5.32 Å². The van der Waals surface area contributed by atoms with Crippen LogP contribution in [0, 0.1) is 6.92 Å². The van der Waals surface area contributed by atoms with E-state index in [-0.39, 0.29) is 0 Å². The van der Waals surface area contributed by atoms with E-state index in [2.05, 4.69) is 15.5 Å². The Bertz CT molecular complexity index is 529. The molecule has 0 aliphatic carbocycles. The molecule has 0 spiro atoms. The molecule has 0 amide bonds. The summed E-state index contributed by atoms with van der Waals surface area (Å²) in [6.45, 7) is 3.59. The van der Waals surface area contributed by atoms with Gasteiger partial charge in [-0.3, -0.25) is 9.36 Å². The van der Waals surface area contributed by atoms with E-state index < -0.39 is 0 Å². The topological polar surface area (TPSA) is 47.7 Å².